The number of aliphatic imine (C=N–C) groups is 1. The number of imidazole rings is 1. The van der Waals surface area contributed by atoms with Gasteiger partial charge in [0.05, 0.1) is 6.33 Å². The fraction of sp³-hybridized carbons (Fsp3) is 0.360. The number of rotatable bonds is 12. The summed E-state index contributed by atoms with van der Waals surface area (Å²) in [5.74, 6) is 0.109. The average molecular weight is 440 g/mol. The molecule has 0 amide bonds. The van der Waals surface area contributed by atoms with Crippen LogP contribution in [0.1, 0.15) is 36.1 Å². The zero-order valence-electron chi connectivity index (χ0n) is 18.3. The first kappa shape index (κ1) is 23.4. The van der Waals surface area contributed by atoms with E-state index in [9.17, 15) is 8.78 Å². The van der Waals surface area contributed by atoms with Crippen molar-refractivity contribution in [1.82, 2.24) is 14.9 Å². The second-order valence-electron chi connectivity index (χ2n) is 7.87. The van der Waals surface area contributed by atoms with E-state index in [1.165, 1.54) is 24.3 Å². The number of aromatic nitrogens is 2. The number of guanidine groups is 1. The van der Waals surface area contributed by atoms with Crippen LogP contribution in [-0.4, -0.2) is 40.5 Å². The lowest BCUT2D eigenvalue weighted by molar-refractivity contribution is 0.396. The quantitative estimate of drug-likeness (QED) is 0.248. The van der Waals surface area contributed by atoms with Crippen LogP contribution in [0.4, 0.5) is 8.78 Å². The Balaban J connectivity index is 1.50. The lowest BCUT2D eigenvalue weighted by atomic mass is 10.1. The number of hydrogen-bond acceptors (Lipinski definition) is 2. The second kappa shape index (κ2) is 12.6. The largest absolute Gasteiger partial charge is 0.370 e. The summed E-state index contributed by atoms with van der Waals surface area (Å²) in [6.07, 6.45) is 8.76. The van der Waals surface area contributed by atoms with Gasteiger partial charge in [-0.2, -0.15) is 0 Å². The summed E-state index contributed by atoms with van der Waals surface area (Å²) < 4.78 is 26.2. The number of halogens is 2. The Labute approximate surface area is 188 Å². The molecule has 3 rings (SSSR count). The third kappa shape index (κ3) is 8.13. The van der Waals surface area contributed by atoms with Gasteiger partial charge in [0.15, 0.2) is 5.96 Å². The highest BCUT2D eigenvalue weighted by Crippen LogP contribution is 2.09. The molecule has 0 fully saturated rings. The van der Waals surface area contributed by atoms with E-state index >= 15 is 0 Å². The Morgan fingerprint density at radius 3 is 1.91 bits per heavy atom. The molecule has 0 atom stereocenters. The number of hydrogen-bond donors (Lipinski definition) is 2. The molecule has 32 heavy (non-hydrogen) atoms. The average Bonchev–Trinajstić information content (AvgIpc) is 3.32. The molecule has 2 aromatic carbocycles. The third-order valence-electron chi connectivity index (χ3n) is 5.37. The lowest BCUT2D eigenvalue weighted by Gasteiger charge is -2.24. The van der Waals surface area contributed by atoms with E-state index in [0.717, 1.165) is 68.4 Å². The molecular formula is C25H31F2N5. The Hall–Kier alpha value is -3.22. The molecule has 3 aromatic rings. The molecule has 1 heterocycles. The van der Waals surface area contributed by atoms with Gasteiger partial charge in [-0.15, -0.1) is 0 Å². The SMILES string of the molecule is NC(=NCCCc1cnc[nH]1)N(CCCc1ccc(F)cc1)CCCc1ccc(F)cc1. The number of aryl methyl sites for hydroxylation is 3. The molecule has 5 nitrogen and oxygen atoms in total. The van der Waals surface area contributed by atoms with Crippen LogP contribution in [0.15, 0.2) is 66.0 Å². The molecule has 0 saturated heterocycles. The van der Waals surface area contributed by atoms with Gasteiger partial charge in [0.2, 0.25) is 0 Å². The number of nitrogens with zero attached hydrogens (tertiary/aromatic N) is 3. The van der Waals surface area contributed by atoms with Crippen molar-refractivity contribution in [1.29, 1.82) is 0 Å². The fourth-order valence-corrected chi connectivity index (χ4v) is 3.58. The lowest BCUT2D eigenvalue weighted by Crippen LogP contribution is -2.39. The van der Waals surface area contributed by atoms with Crippen LogP contribution in [0, 0.1) is 11.6 Å². The third-order valence-corrected chi connectivity index (χ3v) is 5.37. The van der Waals surface area contributed by atoms with Crippen LogP contribution in [0.3, 0.4) is 0 Å². The van der Waals surface area contributed by atoms with Crippen molar-refractivity contribution in [3.8, 4) is 0 Å². The molecule has 0 unspecified atom stereocenters. The zero-order chi connectivity index (χ0) is 22.6. The van der Waals surface area contributed by atoms with E-state index in [1.807, 2.05) is 30.5 Å². The molecular weight excluding hydrogens is 408 g/mol. The Bertz CT molecular complexity index is 886. The fourth-order valence-electron chi connectivity index (χ4n) is 3.58. The summed E-state index contributed by atoms with van der Waals surface area (Å²) >= 11 is 0. The molecule has 0 aliphatic rings. The molecule has 0 spiro atoms. The van der Waals surface area contributed by atoms with Crippen LogP contribution in [0.5, 0.6) is 0 Å². The predicted molar refractivity (Wildman–Crippen MR) is 124 cm³/mol. The first-order valence-corrected chi connectivity index (χ1v) is 11.1. The molecule has 3 N–H and O–H groups in total. The number of nitrogens with one attached hydrogen (secondary N) is 1. The number of nitrogens with two attached hydrogens (primary N) is 1. The van der Waals surface area contributed by atoms with Gasteiger partial charge < -0.3 is 15.6 Å². The van der Waals surface area contributed by atoms with Gasteiger partial charge in [-0.3, -0.25) is 4.99 Å². The summed E-state index contributed by atoms with van der Waals surface area (Å²) in [5.41, 5.74) is 9.63. The Morgan fingerprint density at radius 1 is 0.844 bits per heavy atom. The molecule has 0 aliphatic carbocycles. The minimum Gasteiger partial charge on any atom is -0.370 e. The standard InChI is InChI=1S/C25H31F2N5/c26-22-11-7-20(8-12-22)4-2-16-32(17-3-5-21-9-13-23(27)14-10-21)25(28)30-15-1-6-24-18-29-19-31-24/h7-14,18-19H,1-6,15-17H2,(H2,28,30)(H,29,31). The van der Waals surface area contributed by atoms with Gasteiger partial charge >= 0.3 is 0 Å². The van der Waals surface area contributed by atoms with Crippen LogP contribution in [0.2, 0.25) is 0 Å². The number of aromatic amines is 1. The van der Waals surface area contributed by atoms with E-state index < -0.39 is 0 Å². The summed E-state index contributed by atoms with van der Waals surface area (Å²) in [5, 5.41) is 0. The van der Waals surface area contributed by atoms with E-state index in [4.69, 9.17) is 5.73 Å². The van der Waals surface area contributed by atoms with E-state index in [0.29, 0.717) is 12.5 Å². The minimum atomic E-state index is -0.220. The maximum absolute atomic E-state index is 13.1. The smallest absolute Gasteiger partial charge is 0.191 e. The van der Waals surface area contributed by atoms with Gasteiger partial charge in [-0.05, 0) is 73.9 Å². The minimum absolute atomic E-state index is 0.220. The Kier molecular flexibility index (Phi) is 9.22. The first-order valence-electron chi connectivity index (χ1n) is 11.1. The van der Waals surface area contributed by atoms with E-state index in [-0.39, 0.29) is 11.6 Å². The second-order valence-corrected chi connectivity index (χ2v) is 7.87. The monoisotopic (exact) mass is 439 g/mol. The predicted octanol–water partition coefficient (Wildman–Crippen LogP) is 4.50. The maximum Gasteiger partial charge on any atom is 0.191 e. The molecule has 0 saturated carbocycles. The molecule has 7 heteroatoms. The van der Waals surface area contributed by atoms with Gasteiger partial charge in [0.1, 0.15) is 11.6 Å². The van der Waals surface area contributed by atoms with Gasteiger partial charge in [-0.1, -0.05) is 24.3 Å². The number of benzene rings is 2. The van der Waals surface area contributed by atoms with Crippen molar-refractivity contribution in [2.24, 2.45) is 10.7 Å². The van der Waals surface area contributed by atoms with Crippen LogP contribution < -0.4 is 5.73 Å². The highest BCUT2D eigenvalue weighted by atomic mass is 19.1. The molecule has 0 radical (unpaired) electrons. The summed E-state index contributed by atoms with van der Waals surface area (Å²) in [4.78, 5) is 13.8. The van der Waals surface area contributed by atoms with E-state index in [1.54, 1.807) is 6.33 Å². The maximum atomic E-state index is 13.1. The topological polar surface area (TPSA) is 70.3 Å². The van der Waals surface area contributed by atoms with Crippen LogP contribution >= 0.6 is 0 Å². The van der Waals surface area contributed by atoms with Crippen molar-refractivity contribution in [2.75, 3.05) is 19.6 Å². The van der Waals surface area contributed by atoms with Gasteiger partial charge in [0, 0.05) is 31.5 Å². The van der Waals surface area contributed by atoms with Crippen molar-refractivity contribution < 1.29 is 8.78 Å². The van der Waals surface area contributed by atoms with Crippen molar-refractivity contribution >= 4 is 5.96 Å². The highest BCUT2D eigenvalue weighted by molar-refractivity contribution is 5.78. The number of H-pyrrole nitrogens is 1. The summed E-state index contributed by atoms with van der Waals surface area (Å²) in [7, 11) is 0. The van der Waals surface area contributed by atoms with Crippen molar-refractivity contribution in [2.45, 2.75) is 38.5 Å². The van der Waals surface area contributed by atoms with Gasteiger partial charge in [-0.25, -0.2) is 13.8 Å². The first-order chi connectivity index (χ1) is 15.6. The molecule has 1 aromatic heterocycles. The van der Waals surface area contributed by atoms with Crippen molar-refractivity contribution in [3.63, 3.8) is 0 Å². The summed E-state index contributed by atoms with van der Waals surface area (Å²) in [6, 6.07) is 13.2. The molecule has 0 bridgehead atoms. The molecule has 0 aliphatic heterocycles. The van der Waals surface area contributed by atoms with Crippen LogP contribution in [0.25, 0.3) is 0 Å². The van der Waals surface area contributed by atoms with Gasteiger partial charge in [0.25, 0.3) is 0 Å². The van der Waals surface area contributed by atoms with Crippen molar-refractivity contribution in [3.05, 3.63) is 89.5 Å². The summed E-state index contributed by atoms with van der Waals surface area (Å²) in [6.45, 7) is 2.20. The Morgan fingerprint density at radius 2 is 1.41 bits per heavy atom. The normalized spacial score (nSPS) is 11.6. The van der Waals surface area contributed by atoms with Crippen LogP contribution in [-0.2, 0) is 19.3 Å². The molecule has 170 valence electrons. The zero-order valence-corrected chi connectivity index (χ0v) is 18.3. The van der Waals surface area contributed by atoms with E-state index in [2.05, 4.69) is 19.9 Å². The highest BCUT2D eigenvalue weighted by Gasteiger charge is 2.09.